The molecule has 0 bridgehead atoms. The van der Waals surface area contributed by atoms with E-state index in [9.17, 15) is 25.2 Å². The van der Waals surface area contributed by atoms with E-state index in [0.717, 1.165) is 44.7 Å². The normalized spacial score (nSPS) is 19.0. The second-order valence-electron chi connectivity index (χ2n) is 11.4. The zero-order valence-corrected chi connectivity index (χ0v) is 25.0. The number of likely N-dealkylation sites (tertiary alicyclic amines) is 1. The third-order valence-corrected chi connectivity index (χ3v) is 8.28. The first-order valence-corrected chi connectivity index (χ1v) is 15.2. The Morgan fingerprint density at radius 1 is 1.00 bits per heavy atom. The number of aliphatic hydroxyl groups is 5. The van der Waals surface area contributed by atoms with Crippen molar-refractivity contribution in [2.24, 2.45) is 11.8 Å². The Kier molecular flexibility index (Phi) is 12.7. The number of nitrogens with one attached hydrogen (secondary N) is 1. The summed E-state index contributed by atoms with van der Waals surface area (Å²) in [5.41, 5.74) is 0.677. The predicted octanol–water partition coefficient (Wildman–Crippen LogP) is -0.373. The molecular formula is C29H43ClN6O7. The van der Waals surface area contributed by atoms with Crippen LogP contribution in [-0.2, 0) is 11.2 Å². The Labute approximate surface area is 256 Å². The first-order chi connectivity index (χ1) is 20.7. The lowest BCUT2D eigenvalue weighted by atomic mass is 9.92. The van der Waals surface area contributed by atoms with Crippen LogP contribution in [0.3, 0.4) is 0 Å². The van der Waals surface area contributed by atoms with Crippen LogP contribution >= 0.6 is 11.6 Å². The van der Waals surface area contributed by atoms with Gasteiger partial charge in [-0.25, -0.2) is 9.97 Å². The molecule has 1 amide bonds. The molecule has 2 saturated heterocycles. The Hall–Kier alpha value is -2.65. The molecule has 0 aromatic carbocycles. The van der Waals surface area contributed by atoms with Gasteiger partial charge in [-0.15, -0.1) is 0 Å². The van der Waals surface area contributed by atoms with Crippen molar-refractivity contribution >= 4 is 23.5 Å². The number of amides is 1. The summed E-state index contributed by atoms with van der Waals surface area (Å²) in [5.74, 6) is 2.27. The number of pyridine rings is 1. The van der Waals surface area contributed by atoms with Crippen molar-refractivity contribution in [3.05, 3.63) is 41.4 Å². The van der Waals surface area contributed by atoms with Crippen LogP contribution in [0.25, 0.3) is 0 Å². The highest BCUT2D eigenvalue weighted by Crippen LogP contribution is 2.25. The van der Waals surface area contributed by atoms with Crippen molar-refractivity contribution in [2.75, 3.05) is 57.4 Å². The number of ether oxygens (including phenoxy) is 1. The average Bonchev–Trinajstić information content (AvgIpc) is 3.00. The number of halogens is 1. The van der Waals surface area contributed by atoms with Crippen LogP contribution in [0.5, 0.6) is 5.75 Å². The molecule has 14 heteroatoms. The highest BCUT2D eigenvalue weighted by Gasteiger charge is 2.32. The minimum absolute atomic E-state index is 0.000550. The van der Waals surface area contributed by atoms with Gasteiger partial charge in [0.15, 0.2) is 0 Å². The van der Waals surface area contributed by atoms with Gasteiger partial charge in [0.1, 0.15) is 24.1 Å². The smallest absolute Gasteiger partial charge is 0.228 e. The van der Waals surface area contributed by atoms with E-state index in [1.54, 1.807) is 23.5 Å². The molecular weight excluding hydrogens is 580 g/mol. The molecule has 2 aromatic rings. The van der Waals surface area contributed by atoms with Gasteiger partial charge in [-0.2, -0.15) is 0 Å². The summed E-state index contributed by atoms with van der Waals surface area (Å²) in [6, 6.07) is 3.66. The van der Waals surface area contributed by atoms with Gasteiger partial charge in [0.05, 0.1) is 49.4 Å². The fourth-order valence-electron chi connectivity index (χ4n) is 5.34. The molecule has 2 aliphatic rings. The van der Waals surface area contributed by atoms with Crippen LogP contribution in [-0.4, -0.2) is 128 Å². The Morgan fingerprint density at radius 2 is 1.70 bits per heavy atom. The van der Waals surface area contributed by atoms with Crippen LogP contribution in [0.4, 0.5) is 5.95 Å². The number of hydrogen-bond donors (Lipinski definition) is 6. The van der Waals surface area contributed by atoms with Crippen LogP contribution in [0, 0.1) is 11.8 Å². The van der Waals surface area contributed by atoms with Gasteiger partial charge in [0.2, 0.25) is 11.9 Å². The number of nitrogens with zero attached hydrogens (tertiary/aromatic N) is 5. The highest BCUT2D eigenvalue weighted by atomic mass is 35.5. The van der Waals surface area contributed by atoms with E-state index in [2.05, 4.69) is 25.2 Å². The number of aliphatic hydroxyl groups excluding tert-OH is 5. The maximum atomic E-state index is 12.6. The van der Waals surface area contributed by atoms with E-state index in [0.29, 0.717) is 48.6 Å². The number of carbonyl (C=O) groups is 1. The first-order valence-electron chi connectivity index (χ1n) is 14.8. The second kappa shape index (κ2) is 16.4. The standard InChI is InChI=1S/C29H43ClN6O7/c30-21-12-33-29(34-13-21)35-7-5-19(6-8-35)2-1-9-43-23-4-3-22(32-14-23)10-26(40)36-16-20(17-36)11-31-15-24(38)27(41)28(42)25(39)18-37/h3-4,12-14,19-20,24-25,27-28,31,37-39,41-42H,1-2,5-11,15-18H2/t24-,25+,27+,28+/m0/s1. The molecule has 0 radical (unpaired) electrons. The average molecular weight is 623 g/mol. The SMILES string of the molecule is O=C(Cc1ccc(OCCCC2CCN(c3ncc(Cl)cn3)CC2)cn1)N1CC(CNC[C@H](O)[C@@H](O)[C@H](O)[C@H](O)CO)C1. The van der Waals surface area contributed by atoms with Gasteiger partial charge in [-0.05, 0) is 43.7 Å². The van der Waals surface area contributed by atoms with Crippen molar-refractivity contribution in [3.8, 4) is 5.75 Å². The van der Waals surface area contributed by atoms with Gasteiger partial charge in [-0.3, -0.25) is 9.78 Å². The first kappa shape index (κ1) is 33.2. The molecule has 6 N–H and O–H groups in total. The van der Waals surface area contributed by atoms with Gasteiger partial charge in [0.25, 0.3) is 0 Å². The van der Waals surface area contributed by atoms with Crippen molar-refractivity contribution < 1.29 is 35.1 Å². The van der Waals surface area contributed by atoms with E-state index in [1.807, 2.05) is 12.1 Å². The largest absolute Gasteiger partial charge is 0.492 e. The lowest BCUT2D eigenvalue weighted by Gasteiger charge is -2.39. The number of piperidine rings is 1. The minimum atomic E-state index is -1.65. The van der Waals surface area contributed by atoms with E-state index in [4.69, 9.17) is 21.4 Å². The molecule has 0 unspecified atom stereocenters. The van der Waals surface area contributed by atoms with E-state index < -0.39 is 31.0 Å². The maximum Gasteiger partial charge on any atom is 0.228 e. The Balaban J connectivity index is 1.05. The number of anilines is 1. The fraction of sp³-hybridized carbons (Fsp3) is 0.655. The molecule has 4 atom stereocenters. The Bertz CT molecular complexity index is 1120. The Morgan fingerprint density at radius 3 is 2.35 bits per heavy atom. The molecule has 2 aromatic heterocycles. The van der Waals surface area contributed by atoms with Crippen molar-refractivity contribution in [1.82, 2.24) is 25.2 Å². The highest BCUT2D eigenvalue weighted by molar-refractivity contribution is 6.30. The molecule has 13 nitrogen and oxygen atoms in total. The quantitative estimate of drug-likeness (QED) is 0.134. The van der Waals surface area contributed by atoms with Crippen LogP contribution < -0.4 is 15.0 Å². The third kappa shape index (κ3) is 9.93. The lowest BCUT2D eigenvalue weighted by Crippen LogP contribution is -2.55. The van der Waals surface area contributed by atoms with Crippen LogP contribution in [0.2, 0.25) is 5.02 Å². The minimum Gasteiger partial charge on any atom is -0.492 e. The fourth-order valence-corrected chi connectivity index (χ4v) is 5.44. The summed E-state index contributed by atoms with van der Waals surface area (Å²) < 4.78 is 5.87. The van der Waals surface area contributed by atoms with E-state index in [-0.39, 0.29) is 24.8 Å². The number of carbonyl (C=O) groups excluding carboxylic acids is 1. The van der Waals surface area contributed by atoms with E-state index >= 15 is 0 Å². The summed E-state index contributed by atoms with van der Waals surface area (Å²) in [7, 11) is 0. The molecule has 2 fully saturated rings. The number of rotatable bonds is 16. The molecule has 4 rings (SSSR count). The summed E-state index contributed by atoms with van der Waals surface area (Å²) in [6.45, 7) is 3.44. The third-order valence-electron chi connectivity index (χ3n) is 8.08. The van der Waals surface area contributed by atoms with Gasteiger partial charge in [-0.1, -0.05) is 11.6 Å². The zero-order chi connectivity index (χ0) is 30.8. The zero-order valence-electron chi connectivity index (χ0n) is 24.2. The summed E-state index contributed by atoms with van der Waals surface area (Å²) >= 11 is 5.88. The van der Waals surface area contributed by atoms with Crippen molar-refractivity contribution in [2.45, 2.75) is 56.5 Å². The van der Waals surface area contributed by atoms with Crippen LogP contribution in [0.15, 0.2) is 30.7 Å². The molecule has 2 aliphatic heterocycles. The molecule has 0 saturated carbocycles. The van der Waals surface area contributed by atoms with E-state index in [1.165, 1.54) is 0 Å². The second-order valence-corrected chi connectivity index (χ2v) is 11.8. The molecule has 0 spiro atoms. The molecule has 0 aliphatic carbocycles. The predicted molar refractivity (Wildman–Crippen MR) is 159 cm³/mol. The lowest BCUT2D eigenvalue weighted by molar-refractivity contribution is -0.136. The van der Waals surface area contributed by atoms with Crippen LogP contribution in [0.1, 0.15) is 31.4 Å². The summed E-state index contributed by atoms with van der Waals surface area (Å²) in [4.78, 5) is 29.6. The molecule has 238 valence electrons. The van der Waals surface area contributed by atoms with Gasteiger partial charge < -0.3 is 45.4 Å². The van der Waals surface area contributed by atoms with Gasteiger partial charge >= 0.3 is 0 Å². The monoisotopic (exact) mass is 622 g/mol. The topological polar surface area (TPSA) is 185 Å². The number of hydrogen-bond acceptors (Lipinski definition) is 12. The number of aromatic nitrogens is 3. The van der Waals surface area contributed by atoms with Gasteiger partial charge in [0, 0.05) is 50.9 Å². The van der Waals surface area contributed by atoms with Crippen molar-refractivity contribution in [1.29, 1.82) is 0 Å². The summed E-state index contributed by atoms with van der Waals surface area (Å²) in [5, 5.41) is 51.3. The maximum absolute atomic E-state index is 12.6. The van der Waals surface area contributed by atoms with Crippen molar-refractivity contribution in [3.63, 3.8) is 0 Å². The summed E-state index contributed by atoms with van der Waals surface area (Å²) in [6.07, 6.45) is 3.30. The molecule has 4 heterocycles. The molecule has 43 heavy (non-hydrogen) atoms.